The first kappa shape index (κ1) is 17.4. The number of aromatic nitrogens is 4. The summed E-state index contributed by atoms with van der Waals surface area (Å²) in [5.41, 5.74) is 2.87. The summed E-state index contributed by atoms with van der Waals surface area (Å²) in [5, 5.41) is 3.44. The molecule has 0 saturated carbocycles. The second-order valence-electron chi connectivity index (χ2n) is 6.22. The van der Waals surface area contributed by atoms with E-state index in [0.29, 0.717) is 17.3 Å². The van der Waals surface area contributed by atoms with Gasteiger partial charge in [-0.1, -0.05) is 23.7 Å². The Bertz CT molecular complexity index is 1200. The predicted molar refractivity (Wildman–Crippen MR) is 104 cm³/mol. The smallest absolute Gasteiger partial charge is 0.329 e. The molecule has 8 heteroatoms. The van der Waals surface area contributed by atoms with Gasteiger partial charge in [-0.25, -0.2) is 9.78 Å². The van der Waals surface area contributed by atoms with E-state index < -0.39 is 0 Å². The van der Waals surface area contributed by atoms with Crippen LogP contribution in [0.4, 0.5) is 0 Å². The first-order valence-corrected chi connectivity index (χ1v) is 9.02. The number of aryl methyl sites for hydroxylation is 1. The standard InChI is InChI=1S/C19H18ClN5O2/c1-2-24-15-5-3-4-6-16(15)25(19(24)27)12-18(26)21-9-14-11-23-10-13(20)7-8-17(23)22-14/h3-8,10-11H,2,9,12H2,1H3,(H,21,26). The summed E-state index contributed by atoms with van der Waals surface area (Å²) in [7, 11) is 0. The number of para-hydroxylation sites is 2. The number of nitrogens with one attached hydrogen (secondary N) is 1. The van der Waals surface area contributed by atoms with E-state index in [-0.39, 0.29) is 24.7 Å². The van der Waals surface area contributed by atoms with Crippen LogP contribution in [0, 0.1) is 0 Å². The van der Waals surface area contributed by atoms with Gasteiger partial charge in [0, 0.05) is 18.9 Å². The normalized spacial score (nSPS) is 11.3. The number of benzene rings is 1. The van der Waals surface area contributed by atoms with Crippen molar-refractivity contribution >= 4 is 34.2 Å². The number of pyridine rings is 1. The maximum atomic E-state index is 12.6. The molecular weight excluding hydrogens is 366 g/mol. The van der Waals surface area contributed by atoms with Crippen molar-refractivity contribution in [1.29, 1.82) is 0 Å². The Balaban J connectivity index is 1.52. The van der Waals surface area contributed by atoms with Crippen LogP contribution < -0.4 is 11.0 Å². The summed E-state index contributed by atoms with van der Waals surface area (Å²) in [6.07, 6.45) is 3.57. The number of amides is 1. The Morgan fingerprint density at radius 1 is 1.11 bits per heavy atom. The molecule has 0 fully saturated rings. The molecule has 4 rings (SSSR count). The van der Waals surface area contributed by atoms with Crippen molar-refractivity contribution in [3.8, 4) is 0 Å². The van der Waals surface area contributed by atoms with E-state index in [1.54, 1.807) is 16.8 Å². The highest BCUT2D eigenvalue weighted by molar-refractivity contribution is 6.30. The van der Waals surface area contributed by atoms with Gasteiger partial charge in [0.1, 0.15) is 12.2 Å². The molecule has 1 amide bonds. The van der Waals surface area contributed by atoms with E-state index in [1.807, 2.05) is 47.9 Å². The quantitative estimate of drug-likeness (QED) is 0.575. The van der Waals surface area contributed by atoms with Crippen molar-refractivity contribution in [3.05, 3.63) is 70.0 Å². The topological polar surface area (TPSA) is 73.3 Å². The molecule has 7 nitrogen and oxygen atoms in total. The average molecular weight is 384 g/mol. The molecule has 0 radical (unpaired) electrons. The molecule has 1 N–H and O–H groups in total. The second-order valence-corrected chi connectivity index (χ2v) is 6.66. The van der Waals surface area contributed by atoms with Crippen molar-refractivity contribution in [3.63, 3.8) is 0 Å². The van der Waals surface area contributed by atoms with Gasteiger partial charge in [-0.3, -0.25) is 13.9 Å². The summed E-state index contributed by atoms with van der Waals surface area (Å²) in [4.78, 5) is 29.4. The lowest BCUT2D eigenvalue weighted by atomic mass is 10.3. The Labute approximate surface area is 159 Å². The molecule has 138 valence electrons. The van der Waals surface area contributed by atoms with Crippen LogP contribution in [0.1, 0.15) is 12.6 Å². The maximum absolute atomic E-state index is 12.6. The summed E-state index contributed by atoms with van der Waals surface area (Å²) >= 11 is 5.97. The van der Waals surface area contributed by atoms with Crippen molar-refractivity contribution in [1.82, 2.24) is 23.8 Å². The molecule has 0 aliphatic carbocycles. The number of imidazole rings is 2. The number of carbonyl (C=O) groups is 1. The van der Waals surface area contributed by atoms with Crippen LogP contribution in [-0.4, -0.2) is 24.4 Å². The maximum Gasteiger partial charge on any atom is 0.329 e. The van der Waals surface area contributed by atoms with E-state index in [2.05, 4.69) is 10.3 Å². The molecular formula is C19H18ClN5O2. The van der Waals surface area contributed by atoms with E-state index >= 15 is 0 Å². The number of halogens is 1. The van der Waals surface area contributed by atoms with Crippen molar-refractivity contribution in [2.24, 2.45) is 0 Å². The van der Waals surface area contributed by atoms with Gasteiger partial charge < -0.3 is 9.72 Å². The van der Waals surface area contributed by atoms with Gasteiger partial charge in [-0.05, 0) is 31.2 Å². The van der Waals surface area contributed by atoms with Gasteiger partial charge in [0.05, 0.1) is 28.3 Å². The zero-order valence-corrected chi connectivity index (χ0v) is 15.5. The second kappa shape index (κ2) is 6.92. The molecule has 4 aromatic rings. The first-order chi connectivity index (χ1) is 13.1. The highest BCUT2D eigenvalue weighted by Crippen LogP contribution is 2.13. The Hall–Kier alpha value is -3.06. The molecule has 0 bridgehead atoms. The molecule has 3 heterocycles. The third kappa shape index (κ3) is 3.21. The lowest BCUT2D eigenvalue weighted by Gasteiger charge is -2.04. The zero-order chi connectivity index (χ0) is 19.0. The SMILES string of the molecule is CCn1c(=O)n(CC(=O)NCc2cn3cc(Cl)ccc3n2)c2ccccc21. The summed E-state index contributed by atoms with van der Waals surface area (Å²) < 4.78 is 4.97. The molecule has 3 aromatic heterocycles. The van der Waals surface area contributed by atoms with E-state index in [0.717, 1.165) is 16.7 Å². The predicted octanol–water partition coefficient (Wildman–Crippen LogP) is 2.44. The van der Waals surface area contributed by atoms with Gasteiger partial charge in [0.2, 0.25) is 5.91 Å². The lowest BCUT2D eigenvalue weighted by Crippen LogP contribution is -2.32. The van der Waals surface area contributed by atoms with Crippen LogP contribution in [-0.2, 0) is 24.4 Å². The fourth-order valence-electron chi connectivity index (χ4n) is 3.22. The van der Waals surface area contributed by atoms with Crippen molar-refractivity contribution in [2.45, 2.75) is 26.6 Å². The highest BCUT2D eigenvalue weighted by Gasteiger charge is 2.14. The molecule has 1 aromatic carbocycles. The fraction of sp³-hybridized carbons (Fsp3) is 0.211. The number of fused-ring (bicyclic) bond motifs is 2. The van der Waals surface area contributed by atoms with E-state index in [1.165, 1.54) is 4.57 Å². The minimum Gasteiger partial charge on any atom is -0.349 e. The van der Waals surface area contributed by atoms with Crippen molar-refractivity contribution < 1.29 is 4.79 Å². The Morgan fingerprint density at radius 2 is 1.85 bits per heavy atom. The molecule has 0 unspecified atom stereocenters. The number of rotatable bonds is 5. The van der Waals surface area contributed by atoms with Gasteiger partial charge in [0.25, 0.3) is 0 Å². The summed E-state index contributed by atoms with van der Waals surface area (Å²) in [6, 6.07) is 11.1. The molecule has 0 spiro atoms. The van der Waals surface area contributed by atoms with Gasteiger partial charge >= 0.3 is 5.69 Å². The van der Waals surface area contributed by atoms with Crippen LogP contribution in [0.3, 0.4) is 0 Å². The largest absolute Gasteiger partial charge is 0.349 e. The van der Waals surface area contributed by atoms with Crippen LogP contribution >= 0.6 is 11.6 Å². The van der Waals surface area contributed by atoms with E-state index in [9.17, 15) is 9.59 Å². The minimum atomic E-state index is -0.244. The first-order valence-electron chi connectivity index (χ1n) is 8.64. The Morgan fingerprint density at radius 3 is 2.59 bits per heavy atom. The van der Waals surface area contributed by atoms with Gasteiger partial charge in [-0.2, -0.15) is 0 Å². The van der Waals surface area contributed by atoms with Gasteiger partial charge in [-0.15, -0.1) is 0 Å². The lowest BCUT2D eigenvalue weighted by molar-refractivity contribution is -0.121. The van der Waals surface area contributed by atoms with Gasteiger partial charge in [0.15, 0.2) is 0 Å². The molecule has 0 atom stereocenters. The molecule has 27 heavy (non-hydrogen) atoms. The van der Waals surface area contributed by atoms with Crippen LogP contribution in [0.15, 0.2) is 53.6 Å². The van der Waals surface area contributed by atoms with Crippen LogP contribution in [0.2, 0.25) is 5.02 Å². The molecule has 0 aliphatic rings. The third-order valence-electron chi connectivity index (χ3n) is 4.47. The summed E-state index contributed by atoms with van der Waals surface area (Å²) in [5.74, 6) is -0.244. The molecule has 0 saturated heterocycles. The number of nitrogens with zero attached hydrogens (tertiary/aromatic N) is 4. The van der Waals surface area contributed by atoms with Crippen LogP contribution in [0.5, 0.6) is 0 Å². The third-order valence-corrected chi connectivity index (χ3v) is 4.70. The number of hydrogen-bond acceptors (Lipinski definition) is 3. The molecule has 0 aliphatic heterocycles. The van der Waals surface area contributed by atoms with E-state index in [4.69, 9.17) is 11.6 Å². The fourth-order valence-corrected chi connectivity index (χ4v) is 3.39. The zero-order valence-electron chi connectivity index (χ0n) is 14.7. The Kier molecular flexibility index (Phi) is 4.45. The summed E-state index contributed by atoms with van der Waals surface area (Å²) in [6.45, 7) is 2.70. The highest BCUT2D eigenvalue weighted by atomic mass is 35.5. The number of hydrogen-bond donors (Lipinski definition) is 1. The monoisotopic (exact) mass is 383 g/mol. The average Bonchev–Trinajstić information content (AvgIpc) is 3.18. The van der Waals surface area contributed by atoms with Crippen LogP contribution in [0.25, 0.3) is 16.7 Å². The minimum absolute atomic E-state index is 0.0362. The number of carbonyl (C=O) groups excluding carboxylic acids is 1. The van der Waals surface area contributed by atoms with Crippen molar-refractivity contribution in [2.75, 3.05) is 0 Å².